The number of piperidine rings is 1. The van der Waals surface area contributed by atoms with Crippen molar-refractivity contribution in [3.05, 3.63) is 0 Å². The summed E-state index contributed by atoms with van der Waals surface area (Å²) in [4.78, 5) is 12.9. The Labute approximate surface area is 122 Å². The van der Waals surface area contributed by atoms with Crippen LogP contribution in [0.5, 0.6) is 0 Å². The number of rotatable bonds is 2. The number of carboxylic acids is 1. The van der Waals surface area contributed by atoms with E-state index in [0.717, 1.165) is 25.9 Å². The molecule has 1 heterocycles. The summed E-state index contributed by atoms with van der Waals surface area (Å²) in [5.74, 6) is -0.724. The van der Waals surface area contributed by atoms with Crippen molar-refractivity contribution in [1.82, 2.24) is 4.90 Å². The van der Waals surface area contributed by atoms with Crippen LogP contribution in [0.2, 0.25) is 0 Å². The fraction of sp³-hybridized carbons (Fsp3) is 0.889. The zero-order chi connectivity index (χ0) is 9.14. The predicted octanol–water partition coefficient (Wildman–Crippen LogP) is 0.543. The van der Waals surface area contributed by atoms with Gasteiger partial charge in [0.25, 0.3) is 0 Å². The summed E-state index contributed by atoms with van der Waals surface area (Å²) in [6, 6.07) is 0.555. The molecule has 0 aliphatic carbocycles. The van der Waals surface area contributed by atoms with E-state index in [9.17, 15) is 4.79 Å². The zero-order valence-electron chi connectivity index (χ0n) is 7.79. The van der Waals surface area contributed by atoms with Crippen LogP contribution in [-0.2, 0) is 4.79 Å². The van der Waals surface area contributed by atoms with Gasteiger partial charge in [-0.15, -0.1) is 0 Å². The molecule has 0 aromatic carbocycles. The Morgan fingerprint density at radius 2 is 1.85 bits per heavy atom. The summed E-state index contributed by atoms with van der Waals surface area (Å²) in [6.07, 6.45) is 1.63. The van der Waals surface area contributed by atoms with Crippen molar-refractivity contribution in [1.29, 1.82) is 0 Å². The summed E-state index contributed by atoms with van der Waals surface area (Å²) in [5.41, 5.74) is 0. The third-order valence-electron chi connectivity index (χ3n) is 2.61. The number of aliphatic carboxylic acids is 1. The van der Waals surface area contributed by atoms with Gasteiger partial charge in [0, 0.05) is 6.04 Å². The number of likely N-dealkylation sites (tertiary alicyclic amines) is 1. The van der Waals surface area contributed by atoms with E-state index >= 15 is 0 Å². The summed E-state index contributed by atoms with van der Waals surface area (Å²) in [5, 5.41) is 8.74. The summed E-state index contributed by atoms with van der Waals surface area (Å²) in [6.45, 7) is 6.19. The summed E-state index contributed by atoms with van der Waals surface area (Å²) in [7, 11) is 0. The first-order chi connectivity index (χ1) is 5.61. The fourth-order valence-corrected chi connectivity index (χ4v) is 1.66. The second kappa shape index (κ2) is 6.53. The molecule has 1 N–H and O–H groups in total. The van der Waals surface area contributed by atoms with Gasteiger partial charge in [-0.25, -0.2) is 0 Å². The average molecular weight is 211 g/mol. The van der Waals surface area contributed by atoms with Crippen LogP contribution in [0.3, 0.4) is 0 Å². The van der Waals surface area contributed by atoms with Crippen LogP contribution in [-0.4, -0.2) is 86.5 Å². The number of nitrogens with zero attached hydrogens (tertiary/aromatic N) is 1. The Balaban J connectivity index is 0.00000144. The van der Waals surface area contributed by atoms with Crippen LogP contribution in [0, 0.1) is 5.92 Å². The second-order valence-corrected chi connectivity index (χ2v) is 3.74. The first-order valence-corrected chi connectivity index (χ1v) is 4.58. The Bertz CT molecular complexity index is 165. The van der Waals surface area contributed by atoms with Crippen molar-refractivity contribution in [3.8, 4) is 0 Å². The Morgan fingerprint density at radius 3 is 2.15 bits per heavy atom. The Morgan fingerprint density at radius 1 is 1.38 bits per heavy atom. The van der Waals surface area contributed by atoms with Crippen LogP contribution in [0.1, 0.15) is 26.7 Å². The fourth-order valence-electron chi connectivity index (χ4n) is 1.66. The summed E-state index contributed by atoms with van der Waals surface area (Å²) < 4.78 is 0. The van der Waals surface area contributed by atoms with E-state index in [4.69, 9.17) is 5.11 Å². The van der Waals surface area contributed by atoms with Crippen molar-refractivity contribution < 1.29 is 9.90 Å². The minimum atomic E-state index is -0.626. The van der Waals surface area contributed by atoms with Gasteiger partial charge in [-0.3, -0.25) is 4.79 Å². The molecule has 72 valence electrons. The molecule has 0 amide bonds. The summed E-state index contributed by atoms with van der Waals surface area (Å²) >= 11 is 0. The van der Waals surface area contributed by atoms with E-state index in [-0.39, 0.29) is 57.3 Å². The molecular weight excluding hydrogens is 193 g/mol. The van der Waals surface area contributed by atoms with E-state index < -0.39 is 5.97 Å². The van der Waals surface area contributed by atoms with Crippen LogP contribution < -0.4 is 0 Å². The zero-order valence-corrected chi connectivity index (χ0v) is 7.79. The first-order valence-electron chi connectivity index (χ1n) is 4.58. The van der Waals surface area contributed by atoms with Gasteiger partial charge in [-0.05, 0) is 39.8 Å². The van der Waals surface area contributed by atoms with Crippen LogP contribution in [0.4, 0.5) is 0 Å². The molecule has 1 aliphatic heterocycles. The van der Waals surface area contributed by atoms with Crippen molar-refractivity contribution in [2.45, 2.75) is 32.7 Å². The minimum absolute atomic E-state index is 0. The second-order valence-electron chi connectivity index (χ2n) is 3.74. The van der Waals surface area contributed by atoms with Crippen molar-refractivity contribution in [3.63, 3.8) is 0 Å². The van der Waals surface area contributed by atoms with Crippen molar-refractivity contribution in [2.24, 2.45) is 5.92 Å². The Kier molecular flexibility index (Phi) is 7.07. The molecule has 0 unspecified atom stereocenters. The molecule has 0 aromatic heterocycles. The van der Waals surface area contributed by atoms with E-state index in [0.29, 0.717) is 6.04 Å². The van der Waals surface area contributed by atoms with Gasteiger partial charge in [0.2, 0.25) is 0 Å². The molecule has 1 aliphatic rings. The quantitative estimate of drug-likeness (QED) is 0.678. The molecule has 0 bridgehead atoms. The Hall–Kier alpha value is 1.07. The molecular formula is C9H18KNO2. The van der Waals surface area contributed by atoms with Crippen molar-refractivity contribution in [2.75, 3.05) is 13.1 Å². The number of carboxylic acid groups (broad SMARTS) is 1. The van der Waals surface area contributed by atoms with Gasteiger partial charge in [0.05, 0.1) is 5.92 Å². The normalized spacial score (nSPS) is 19.9. The molecule has 4 heteroatoms. The molecule has 3 nitrogen and oxygen atoms in total. The monoisotopic (exact) mass is 211 g/mol. The van der Waals surface area contributed by atoms with Gasteiger partial charge in [0.15, 0.2) is 0 Å². The van der Waals surface area contributed by atoms with Crippen LogP contribution in [0.15, 0.2) is 0 Å². The molecule has 0 spiro atoms. The molecule has 0 radical (unpaired) electrons. The molecule has 0 aromatic rings. The maximum absolute atomic E-state index is 10.6. The molecule has 0 saturated carbocycles. The SMILES string of the molecule is CC(C)N1CCC(C(=O)O)CC1.[KH]. The first kappa shape index (κ1) is 14.1. The maximum atomic E-state index is 10.6. The standard InChI is InChI=1S/C9H17NO2.K.H/c1-7(2)10-5-3-8(4-6-10)9(11)12;;/h7-8H,3-6H2,1-2H3,(H,11,12);;. The van der Waals surface area contributed by atoms with Gasteiger partial charge in [-0.2, -0.15) is 0 Å². The third kappa shape index (κ3) is 4.40. The van der Waals surface area contributed by atoms with Gasteiger partial charge >= 0.3 is 57.4 Å². The number of carbonyl (C=O) groups is 1. The molecule has 1 saturated heterocycles. The molecule has 13 heavy (non-hydrogen) atoms. The van der Waals surface area contributed by atoms with E-state index in [1.165, 1.54) is 0 Å². The van der Waals surface area contributed by atoms with Crippen LogP contribution in [0.25, 0.3) is 0 Å². The van der Waals surface area contributed by atoms with Crippen molar-refractivity contribution >= 4 is 57.4 Å². The topological polar surface area (TPSA) is 40.5 Å². The van der Waals surface area contributed by atoms with Gasteiger partial charge < -0.3 is 10.0 Å². The molecule has 1 fully saturated rings. The van der Waals surface area contributed by atoms with E-state index in [1.54, 1.807) is 0 Å². The van der Waals surface area contributed by atoms with Gasteiger partial charge in [-0.1, -0.05) is 0 Å². The molecule has 0 atom stereocenters. The average Bonchev–Trinajstić information content (AvgIpc) is 2.04. The number of hydrogen-bond donors (Lipinski definition) is 1. The van der Waals surface area contributed by atoms with E-state index in [2.05, 4.69) is 18.7 Å². The third-order valence-corrected chi connectivity index (χ3v) is 2.61. The van der Waals surface area contributed by atoms with Crippen LogP contribution >= 0.6 is 0 Å². The van der Waals surface area contributed by atoms with E-state index in [1.807, 2.05) is 0 Å². The predicted molar refractivity (Wildman–Crippen MR) is 54.2 cm³/mol. The molecule has 1 rings (SSSR count). The number of hydrogen-bond acceptors (Lipinski definition) is 2. The van der Waals surface area contributed by atoms with Gasteiger partial charge in [0.1, 0.15) is 0 Å².